The van der Waals surface area contributed by atoms with Crippen molar-refractivity contribution in [2.24, 2.45) is 0 Å². The Hall–Kier alpha value is -5.64. The van der Waals surface area contributed by atoms with E-state index in [0.29, 0.717) is 0 Å². The van der Waals surface area contributed by atoms with E-state index in [1.165, 1.54) is 76.1 Å². The molecule has 0 bridgehead atoms. The largest absolute Gasteiger partial charge is 0.310 e. The summed E-state index contributed by atoms with van der Waals surface area (Å²) in [6, 6.07) is 54.0. The fourth-order valence-corrected chi connectivity index (χ4v) is 8.31. The maximum atomic E-state index is 2.44. The number of nitrogens with zero attached hydrogens (tertiary/aromatic N) is 2. The first-order valence-electron chi connectivity index (χ1n) is 17.7. The molecule has 1 heterocycles. The minimum Gasteiger partial charge on any atom is -0.310 e. The lowest BCUT2D eigenvalue weighted by Gasteiger charge is -2.29. The van der Waals surface area contributed by atoms with Crippen LogP contribution < -0.4 is 9.80 Å². The summed E-state index contributed by atoms with van der Waals surface area (Å²) >= 11 is 1.86. The highest BCUT2D eigenvalue weighted by atomic mass is 32.1. The van der Waals surface area contributed by atoms with Crippen molar-refractivity contribution in [1.82, 2.24) is 0 Å². The molecule has 0 saturated carbocycles. The summed E-state index contributed by atoms with van der Waals surface area (Å²) < 4.78 is 2.57. The molecule has 0 spiro atoms. The minimum atomic E-state index is 1.13. The predicted molar refractivity (Wildman–Crippen MR) is 223 cm³/mol. The number of benzene rings is 7. The Kier molecular flexibility index (Phi) is 8.45. The summed E-state index contributed by atoms with van der Waals surface area (Å²) in [6.45, 7) is 13.0. The number of anilines is 6. The molecule has 0 atom stereocenters. The summed E-state index contributed by atoms with van der Waals surface area (Å²) in [5, 5.41) is 2.54. The molecule has 8 aromatic rings. The fraction of sp³-hybridized carbons (Fsp3) is 0.125. The summed E-state index contributed by atoms with van der Waals surface area (Å²) in [7, 11) is 0. The van der Waals surface area contributed by atoms with Crippen molar-refractivity contribution in [3.63, 3.8) is 0 Å². The normalized spacial score (nSPS) is 11.3. The minimum absolute atomic E-state index is 1.13. The topological polar surface area (TPSA) is 6.48 Å². The number of hydrogen-bond acceptors (Lipinski definition) is 3. The van der Waals surface area contributed by atoms with Gasteiger partial charge in [-0.05, 0) is 137 Å². The maximum absolute atomic E-state index is 2.44. The lowest BCUT2D eigenvalue weighted by molar-refractivity contribution is 1.21. The second-order valence-electron chi connectivity index (χ2n) is 14.0. The highest BCUT2D eigenvalue weighted by Gasteiger charge is 2.20. The van der Waals surface area contributed by atoms with Gasteiger partial charge in [0.1, 0.15) is 0 Å². The number of hydrogen-bond donors (Lipinski definition) is 0. The van der Waals surface area contributed by atoms with Crippen molar-refractivity contribution >= 4 is 65.6 Å². The van der Waals surface area contributed by atoms with Crippen LogP contribution in [-0.2, 0) is 0 Å². The Morgan fingerprint density at radius 3 is 1.18 bits per heavy atom. The molecule has 2 nitrogen and oxygen atoms in total. The number of rotatable bonds is 7. The zero-order chi connectivity index (χ0) is 35.2. The monoisotopic (exact) mass is 678 g/mol. The summed E-state index contributed by atoms with van der Waals surface area (Å²) in [4.78, 5) is 4.81. The maximum Gasteiger partial charge on any atom is 0.0491 e. The van der Waals surface area contributed by atoms with Crippen LogP contribution in [0.1, 0.15) is 33.4 Å². The molecular formula is C48H42N2S. The Morgan fingerprint density at radius 1 is 0.333 bits per heavy atom. The van der Waals surface area contributed by atoms with Gasteiger partial charge in [0.2, 0.25) is 0 Å². The van der Waals surface area contributed by atoms with Crippen LogP contribution >= 0.6 is 11.3 Å². The SMILES string of the molecule is Cc1ccc(-c2ccc(N(c3ccc(C)cc3)c3ccc4sc5ccc(N(c6ccc(C)cc6C)c6ccc(C)cc6C)cc5c4c3)cc2)cc1. The van der Waals surface area contributed by atoms with Crippen LogP contribution in [0.4, 0.5) is 34.1 Å². The van der Waals surface area contributed by atoms with Crippen LogP contribution in [-0.4, -0.2) is 0 Å². The van der Waals surface area contributed by atoms with Crippen molar-refractivity contribution in [2.45, 2.75) is 41.5 Å². The van der Waals surface area contributed by atoms with Crippen LogP contribution in [0.2, 0.25) is 0 Å². The molecule has 0 aliphatic carbocycles. The fourth-order valence-electron chi connectivity index (χ4n) is 7.24. The first kappa shape index (κ1) is 32.6. The molecule has 1 aromatic heterocycles. The highest BCUT2D eigenvalue weighted by molar-refractivity contribution is 7.25. The van der Waals surface area contributed by atoms with Crippen molar-refractivity contribution in [3.05, 3.63) is 179 Å². The first-order chi connectivity index (χ1) is 24.7. The van der Waals surface area contributed by atoms with E-state index < -0.39 is 0 Å². The molecule has 3 heteroatoms. The van der Waals surface area contributed by atoms with E-state index in [0.717, 1.165) is 22.7 Å². The van der Waals surface area contributed by atoms with Gasteiger partial charge in [0.25, 0.3) is 0 Å². The van der Waals surface area contributed by atoms with Gasteiger partial charge in [-0.1, -0.05) is 95.1 Å². The summed E-state index contributed by atoms with van der Waals surface area (Å²) in [6.07, 6.45) is 0. The standard InChI is InChI=1S/C48H42N2S/c1-31-7-13-37(14-8-31)38-15-19-40(20-16-38)49(39-17-9-32(2)10-18-39)41-21-25-47-43(29-41)44-30-42(22-26-48(44)51-47)50(45-23-11-33(3)27-35(45)5)46-24-12-34(4)28-36(46)6/h7-30H,1-6H3. The van der Waals surface area contributed by atoms with E-state index in [2.05, 4.69) is 197 Å². The van der Waals surface area contributed by atoms with Gasteiger partial charge in [-0.2, -0.15) is 0 Å². The van der Waals surface area contributed by atoms with Gasteiger partial charge in [-0.3, -0.25) is 0 Å². The van der Waals surface area contributed by atoms with E-state index >= 15 is 0 Å². The van der Waals surface area contributed by atoms with E-state index in [1.54, 1.807) is 0 Å². The van der Waals surface area contributed by atoms with Gasteiger partial charge in [0.15, 0.2) is 0 Å². The van der Waals surface area contributed by atoms with E-state index in [-0.39, 0.29) is 0 Å². The summed E-state index contributed by atoms with van der Waals surface area (Å²) in [5.74, 6) is 0. The molecular weight excluding hydrogens is 637 g/mol. The van der Waals surface area contributed by atoms with Crippen molar-refractivity contribution < 1.29 is 0 Å². The van der Waals surface area contributed by atoms with Crippen LogP contribution in [0.25, 0.3) is 31.3 Å². The van der Waals surface area contributed by atoms with Crippen LogP contribution in [0.5, 0.6) is 0 Å². The molecule has 0 N–H and O–H groups in total. The van der Waals surface area contributed by atoms with E-state index in [1.807, 2.05) is 11.3 Å². The Labute approximate surface area is 305 Å². The lowest BCUT2D eigenvalue weighted by atomic mass is 10.0. The van der Waals surface area contributed by atoms with Gasteiger partial charge >= 0.3 is 0 Å². The Balaban J connectivity index is 1.27. The van der Waals surface area contributed by atoms with Gasteiger partial charge in [-0.15, -0.1) is 11.3 Å². The molecule has 0 saturated heterocycles. The second kappa shape index (κ2) is 13.2. The van der Waals surface area contributed by atoms with E-state index in [9.17, 15) is 0 Å². The molecule has 0 aliphatic heterocycles. The molecule has 0 radical (unpaired) electrons. The molecule has 250 valence electrons. The molecule has 0 aliphatic rings. The molecule has 8 rings (SSSR count). The average molecular weight is 679 g/mol. The van der Waals surface area contributed by atoms with Crippen LogP contribution in [0.3, 0.4) is 0 Å². The van der Waals surface area contributed by atoms with Crippen molar-refractivity contribution in [1.29, 1.82) is 0 Å². The second-order valence-corrected chi connectivity index (χ2v) is 15.0. The quantitative estimate of drug-likeness (QED) is 0.166. The Morgan fingerprint density at radius 2 is 0.706 bits per heavy atom. The molecule has 7 aromatic carbocycles. The van der Waals surface area contributed by atoms with E-state index in [4.69, 9.17) is 0 Å². The van der Waals surface area contributed by atoms with Gasteiger partial charge < -0.3 is 9.80 Å². The smallest absolute Gasteiger partial charge is 0.0491 e. The molecule has 0 unspecified atom stereocenters. The Bertz CT molecular complexity index is 2470. The van der Waals surface area contributed by atoms with Crippen LogP contribution in [0, 0.1) is 41.5 Å². The average Bonchev–Trinajstić information content (AvgIpc) is 3.49. The molecule has 51 heavy (non-hydrogen) atoms. The molecule has 0 amide bonds. The highest BCUT2D eigenvalue weighted by Crippen LogP contribution is 2.45. The first-order valence-corrected chi connectivity index (χ1v) is 18.5. The zero-order valence-corrected chi connectivity index (χ0v) is 31.0. The third-order valence-electron chi connectivity index (χ3n) is 9.94. The number of thiophene rings is 1. The lowest BCUT2D eigenvalue weighted by Crippen LogP contribution is -2.12. The predicted octanol–water partition coefficient (Wildman–Crippen LogP) is 14.5. The third-order valence-corrected chi connectivity index (χ3v) is 11.1. The zero-order valence-electron chi connectivity index (χ0n) is 30.2. The number of fused-ring (bicyclic) bond motifs is 3. The van der Waals surface area contributed by atoms with Crippen molar-refractivity contribution in [2.75, 3.05) is 9.80 Å². The van der Waals surface area contributed by atoms with Gasteiger partial charge in [0, 0.05) is 54.3 Å². The van der Waals surface area contributed by atoms with Gasteiger partial charge in [0.05, 0.1) is 0 Å². The summed E-state index contributed by atoms with van der Waals surface area (Å²) in [5.41, 5.74) is 17.0. The van der Waals surface area contributed by atoms with Gasteiger partial charge in [-0.25, -0.2) is 0 Å². The third kappa shape index (κ3) is 6.30. The van der Waals surface area contributed by atoms with Crippen LogP contribution in [0.15, 0.2) is 146 Å². The van der Waals surface area contributed by atoms with Crippen molar-refractivity contribution in [3.8, 4) is 11.1 Å². The number of aryl methyl sites for hydroxylation is 6. The molecule has 0 fully saturated rings.